The highest BCUT2D eigenvalue weighted by atomic mass is 32.2. The molecular weight excluding hydrogens is 396 g/mol. The van der Waals surface area contributed by atoms with Crippen LogP contribution in [-0.2, 0) is 21.3 Å². The molecule has 1 amide bonds. The summed E-state index contributed by atoms with van der Waals surface area (Å²) in [5.41, 5.74) is 1.23. The molecule has 1 heterocycles. The standard InChI is InChI=1S/C20H24N2O6S/c1-26-18-8-3-15(13-19(18)27-2)14-21-20(23)16-4-6-17(7-5-16)29(24,25)22-9-11-28-12-10-22/h3-8,13H,9-12,14H2,1-2H3,(H,21,23). The van der Waals surface area contributed by atoms with Gasteiger partial charge in [0, 0.05) is 25.2 Å². The fourth-order valence-electron chi connectivity index (χ4n) is 2.99. The quantitative estimate of drug-likeness (QED) is 0.732. The van der Waals surface area contributed by atoms with Crippen LogP contribution in [0.25, 0.3) is 0 Å². The van der Waals surface area contributed by atoms with Crippen molar-refractivity contribution >= 4 is 15.9 Å². The zero-order valence-electron chi connectivity index (χ0n) is 16.4. The lowest BCUT2D eigenvalue weighted by atomic mass is 10.1. The van der Waals surface area contributed by atoms with Gasteiger partial charge in [0.1, 0.15) is 0 Å². The Hall–Kier alpha value is -2.62. The molecule has 2 aromatic carbocycles. The molecular formula is C20H24N2O6S. The number of nitrogens with one attached hydrogen (secondary N) is 1. The highest BCUT2D eigenvalue weighted by Crippen LogP contribution is 2.27. The summed E-state index contributed by atoms with van der Waals surface area (Å²) in [6, 6.07) is 11.3. The number of ether oxygens (including phenoxy) is 3. The molecule has 0 unspecified atom stereocenters. The summed E-state index contributed by atoms with van der Waals surface area (Å²) < 4.78 is 42.3. The number of amides is 1. The fourth-order valence-corrected chi connectivity index (χ4v) is 4.40. The Kier molecular flexibility index (Phi) is 6.73. The predicted molar refractivity (Wildman–Crippen MR) is 107 cm³/mol. The van der Waals surface area contributed by atoms with Crippen LogP contribution in [0.1, 0.15) is 15.9 Å². The van der Waals surface area contributed by atoms with Crippen molar-refractivity contribution in [3.63, 3.8) is 0 Å². The van der Waals surface area contributed by atoms with Crippen molar-refractivity contribution < 1.29 is 27.4 Å². The van der Waals surface area contributed by atoms with Gasteiger partial charge in [-0.1, -0.05) is 6.07 Å². The third kappa shape index (κ3) is 4.87. The molecule has 0 aromatic heterocycles. The number of benzene rings is 2. The van der Waals surface area contributed by atoms with Crippen LogP contribution in [0.3, 0.4) is 0 Å². The molecule has 1 N–H and O–H groups in total. The molecule has 2 aromatic rings. The Morgan fingerprint density at radius 3 is 2.31 bits per heavy atom. The van der Waals surface area contributed by atoms with Gasteiger partial charge < -0.3 is 19.5 Å². The van der Waals surface area contributed by atoms with Gasteiger partial charge in [-0.3, -0.25) is 4.79 Å². The molecule has 29 heavy (non-hydrogen) atoms. The lowest BCUT2D eigenvalue weighted by Crippen LogP contribution is -2.40. The molecule has 0 atom stereocenters. The minimum absolute atomic E-state index is 0.163. The molecule has 3 rings (SSSR count). The number of nitrogens with zero attached hydrogens (tertiary/aromatic N) is 1. The average Bonchev–Trinajstić information content (AvgIpc) is 2.77. The molecule has 1 aliphatic heterocycles. The lowest BCUT2D eigenvalue weighted by molar-refractivity contribution is 0.0730. The van der Waals surface area contributed by atoms with Gasteiger partial charge in [0.05, 0.1) is 32.3 Å². The monoisotopic (exact) mass is 420 g/mol. The first-order valence-electron chi connectivity index (χ1n) is 9.13. The highest BCUT2D eigenvalue weighted by Gasteiger charge is 2.26. The van der Waals surface area contributed by atoms with Crippen molar-refractivity contribution in [3.05, 3.63) is 53.6 Å². The van der Waals surface area contributed by atoms with Gasteiger partial charge in [-0.2, -0.15) is 4.31 Å². The summed E-state index contributed by atoms with van der Waals surface area (Å²) in [6.07, 6.45) is 0. The molecule has 1 saturated heterocycles. The summed E-state index contributed by atoms with van der Waals surface area (Å²) in [4.78, 5) is 12.6. The topological polar surface area (TPSA) is 94.2 Å². The van der Waals surface area contributed by atoms with Crippen LogP contribution in [0.2, 0.25) is 0 Å². The number of morpholine rings is 1. The molecule has 0 radical (unpaired) electrons. The van der Waals surface area contributed by atoms with Crippen molar-refractivity contribution in [2.75, 3.05) is 40.5 Å². The van der Waals surface area contributed by atoms with Crippen LogP contribution >= 0.6 is 0 Å². The van der Waals surface area contributed by atoms with E-state index in [-0.39, 0.29) is 10.8 Å². The van der Waals surface area contributed by atoms with E-state index in [0.29, 0.717) is 49.9 Å². The second-order valence-corrected chi connectivity index (χ2v) is 8.35. The molecule has 1 fully saturated rings. The first kappa shape index (κ1) is 21.1. The summed E-state index contributed by atoms with van der Waals surface area (Å²) in [6.45, 7) is 1.73. The Balaban J connectivity index is 1.65. The lowest BCUT2D eigenvalue weighted by Gasteiger charge is -2.26. The Morgan fingerprint density at radius 1 is 1.03 bits per heavy atom. The van der Waals surface area contributed by atoms with E-state index in [2.05, 4.69) is 5.32 Å². The van der Waals surface area contributed by atoms with E-state index in [4.69, 9.17) is 14.2 Å². The number of carbonyl (C=O) groups excluding carboxylic acids is 1. The number of carbonyl (C=O) groups is 1. The first-order chi connectivity index (χ1) is 14.0. The van der Waals surface area contributed by atoms with Crippen LogP contribution in [0, 0.1) is 0 Å². The van der Waals surface area contributed by atoms with Gasteiger partial charge in [0.2, 0.25) is 10.0 Å². The predicted octanol–water partition coefficient (Wildman–Crippen LogP) is 1.65. The first-order valence-corrected chi connectivity index (χ1v) is 10.6. The van der Waals surface area contributed by atoms with Crippen LogP contribution < -0.4 is 14.8 Å². The Labute approximate surface area is 170 Å². The number of sulfonamides is 1. The third-order valence-electron chi connectivity index (χ3n) is 4.63. The second-order valence-electron chi connectivity index (χ2n) is 6.41. The average molecular weight is 420 g/mol. The summed E-state index contributed by atoms with van der Waals surface area (Å²) in [7, 11) is -0.472. The van der Waals surface area contributed by atoms with E-state index in [1.807, 2.05) is 6.07 Å². The zero-order valence-corrected chi connectivity index (χ0v) is 17.2. The van der Waals surface area contributed by atoms with E-state index in [1.165, 1.54) is 28.6 Å². The number of hydrogen-bond donors (Lipinski definition) is 1. The van der Waals surface area contributed by atoms with E-state index < -0.39 is 10.0 Å². The minimum atomic E-state index is -3.58. The molecule has 0 spiro atoms. The van der Waals surface area contributed by atoms with E-state index in [1.54, 1.807) is 26.4 Å². The minimum Gasteiger partial charge on any atom is -0.493 e. The van der Waals surface area contributed by atoms with E-state index in [0.717, 1.165) is 5.56 Å². The maximum Gasteiger partial charge on any atom is 0.251 e. The van der Waals surface area contributed by atoms with Crippen LogP contribution in [0.5, 0.6) is 11.5 Å². The molecule has 156 valence electrons. The van der Waals surface area contributed by atoms with Gasteiger partial charge in [-0.05, 0) is 42.0 Å². The Morgan fingerprint density at radius 2 is 1.69 bits per heavy atom. The van der Waals surface area contributed by atoms with Crippen LogP contribution in [0.15, 0.2) is 47.4 Å². The normalized spacial score (nSPS) is 15.0. The highest BCUT2D eigenvalue weighted by molar-refractivity contribution is 7.89. The summed E-state index contributed by atoms with van der Waals surface area (Å²) >= 11 is 0. The SMILES string of the molecule is COc1ccc(CNC(=O)c2ccc(S(=O)(=O)N3CCOCC3)cc2)cc1OC. The number of methoxy groups -OCH3 is 2. The van der Waals surface area contributed by atoms with Crippen molar-refractivity contribution in [1.82, 2.24) is 9.62 Å². The maximum absolute atomic E-state index is 12.6. The molecule has 8 nitrogen and oxygen atoms in total. The number of hydrogen-bond acceptors (Lipinski definition) is 6. The van der Waals surface area contributed by atoms with Crippen molar-refractivity contribution in [3.8, 4) is 11.5 Å². The van der Waals surface area contributed by atoms with Crippen molar-refractivity contribution in [1.29, 1.82) is 0 Å². The van der Waals surface area contributed by atoms with Crippen molar-refractivity contribution in [2.24, 2.45) is 0 Å². The molecule has 0 saturated carbocycles. The van der Waals surface area contributed by atoms with Gasteiger partial charge in [-0.15, -0.1) is 0 Å². The summed E-state index contributed by atoms with van der Waals surface area (Å²) in [5.74, 6) is 0.895. The van der Waals surface area contributed by atoms with Gasteiger partial charge >= 0.3 is 0 Å². The van der Waals surface area contributed by atoms with Gasteiger partial charge in [-0.25, -0.2) is 8.42 Å². The van der Waals surface area contributed by atoms with Gasteiger partial charge in [0.25, 0.3) is 5.91 Å². The zero-order chi connectivity index (χ0) is 20.9. The number of rotatable bonds is 7. The third-order valence-corrected chi connectivity index (χ3v) is 6.54. The largest absolute Gasteiger partial charge is 0.493 e. The molecule has 9 heteroatoms. The van der Waals surface area contributed by atoms with Crippen molar-refractivity contribution in [2.45, 2.75) is 11.4 Å². The van der Waals surface area contributed by atoms with Crippen LogP contribution in [-0.4, -0.2) is 59.2 Å². The molecule has 1 aliphatic rings. The molecule has 0 aliphatic carbocycles. The smallest absolute Gasteiger partial charge is 0.251 e. The van der Waals surface area contributed by atoms with E-state index in [9.17, 15) is 13.2 Å². The van der Waals surface area contributed by atoms with Crippen LogP contribution in [0.4, 0.5) is 0 Å². The fraction of sp³-hybridized carbons (Fsp3) is 0.350. The molecule has 0 bridgehead atoms. The second kappa shape index (κ2) is 9.25. The maximum atomic E-state index is 12.6. The Bertz CT molecular complexity index is 953. The van der Waals surface area contributed by atoms with Gasteiger partial charge in [0.15, 0.2) is 11.5 Å². The summed E-state index contributed by atoms with van der Waals surface area (Å²) in [5, 5.41) is 2.81. The van der Waals surface area contributed by atoms with E-state index >= 15 is 0 Å².